The van der Waals surface area contributed by atoms with Gasteiger partial charge in [0.05, 0.1) is 16.0 Å². The first-order chi connectivity index (χ1) is 9.47. The first-order valence-electron chi connectivity index (χ1n) is 6.39. The van der Waals surface area contributed by atoms with Gasteiger partial charge in [-0.3, -0.25) is 4.21 Å². The Bertz CT molecular complexity index is 589. The Morgan fingerprint density at radius 2 is 1.85 bits per heavy atom. The van der Waals surface area contributed by atoms with Crippen LogP contribution in [0.5, 0.6) is 0 Å². The second-order valence-electron chi connectivity index (χ2n) is 5.11. The maximum absolute atomic E-state index is 12.5. The van der Waals surface area contributed by atoms with Crippen molar-refractivity contribution in [3.63, 3.8) is 0 Å². The maximum Gasteiger partial charge on any atom is 0.266 e. The predicted octanol–water partition coefficient (Wildman–Crippen LogP) is 4.72. The normalized spacial score (nSPS) is 31.9. The van der Waals surface area contributed by atoms with E-state index in [0.717, 1.165) is 17.6 Å². The molecule has 1 aromatic carbocycles. The zero-order valence-electron chi connectivity index (χ0n) is 10.5. The molecule has 0 aromatic heterocycles. The summed E-state index contributed by atoms with van der Waals surface area (Å²) in [5, 5.41) is -0.197. The molecular formula is C15H13Cl3OS. The van der Waals surface area contributed by atoms with Gasteiger partial charge in [0, 0.05) is 0 Å². The van der Waals surface area contributed by atoms with Crippen LogP contribution in [0.2, 0.25) is 0 Å². The van der Waals surface area contributed by atoms with Crippen LogP contribution in [0.3, 0.4) is 0 Å². The minimum Gasteiger partial charge on any atom is -0.254 e. The van der Waals surface area contributed by atoms with Crippen LogP contribution >= 0.6 is 34.8 Å². The van der Waals surface area contributed by atoms with Crippen molar-refractivity contribution in [1.29, 1.82) is 0 Å². The monoisotopic (exact) mass is 346 g/mol. The highest BCUT2D eigenvalue weighted by Gasteiger charge is 2.48. The smallest absolute Gasteiger partial charge is 0.254 e. The Morgan fingerprint density at radius 1 is 1.15 bits per heavy atom. The predicted molar refractivity (Wildman–Crippen MR) is 87.4 cm³/mol. The summed E-state index contributed by atoms with van der Waals surface area (Å²) in [6.07, 6.45) is 7.33. The zero-order chi connectivity index (χ0) is 14.3. The van der Waals surface area contributed by atoms with E-state index in [1.807, 2.05) is 30.3 Å². The Hall–Kier alpha value is -0.280. The van der Waals surface area contributed by atoms with Crippen LogP contribution in [0.25, 0.3) is 6.08 Å². The van der Waals surface area contributed by atoms with E-state index in [0.29, 0.717) is 5.92 Å². The van der Waals surface area contributed by atoms with Gasteiger partial charge in [-0.25, -0.2) is 0 Å². The fourth-order valence-electron chi connectivity index (χ4n) is 3.01. The van der Waals surface area contributed by atoms with Gasteiger partial charge in [0.2, 0.25) is 0 Å². The molecule has 20 heavy (non-hydrogen) atoms. The van der Waals surface area contributed by atoms with Crippen molar-refractivity contribution in [2.45, 2.75) is 14.8 Å². The van der Waals surface area contributed by atoms with Gasteiger partial charge in [-0.15, -0.1) is 0 Å². The zero-order valence-corrected chi connectivity index (χ0v) is 13.6. The Balaban J connectivity index is 1.98. The molecule has 5 heteroatoms. The van der Waals surface area contributed by atoms with Crippen LogP contribution in [0.15, 0.2) is 48.1 Å². The van der Waals surface area contributed by atoms with Gasteiger partial charge in [-0.2, -0.15) is 0 Å². The average molecular weight is 348 g/mol. The number of allylic oxidation sites excluding steroid dienone is 2. The van der Waals surface area contributed by atoms with Gasteiger partial charge >= 0.3 is 0 Å². The molecule has 0 saturated heterocycles. The summed E-state index contributed by atoms with van der Waals surface area (Å²) in [5.74, 6) is 0.535. The summed E-state index contributed by atoms with van der Waals surface area (Å²) in [4.78, 5) is 0. The molecule has 1 saturated carbocycles. The second-order valence-corrected chi connectivity index (χ2v) is 9.78. The number of fused-ring (bicyclic) bond motifs is 2. The van der Waals surface area contributed by atoms with Gasteiger partial charge in [0.25, 0.3) is 3.12 Å². The van der Waals surface area contributed by atoms with Gasteiger partial charge < -0.3 is 0 Å². The summed E-state index contributed by atoms with van der Waals surface area (Å²) >= 11 is 17.5. The molecule has 4 atom stereocenters. The van der Waals surface area contributed by atoms with E-state index in [-0.39, 0.29) is 11.2 Å². The van der Waals surface area contributed by atoms with Gasteiger partial charge in [-0.05, 0) is 29.4 Å². The molecule has 1 unspecified atom stereocenters. The standard InChI is InChI=1S/C15H13Cl3OS/c16-15(17,18)20(19)14-12-7-6-11(9-12)13(14)8-10-4-2-1-3-5-10/h1-8,11-12,14H,9H2/b13-8-/t11-,12+,14+,20?/m0/s1. The third-order valence-electron chi connectivity index (χ3n) is 3.85. The van der Waals surface area contributed by atoms with E-state index >= 15 is 0 Å². The quantitative estimate of drug-likeness (QED) is 0.559. The minimum absolute atomic E-state index is 0.197. The summed E-state index contributed by atoms with van der Waals surface area (Å²) in [5.41, 5.74) is 2.21. The lowest BCUT2D eigenvalue weighted by Crippen LogP contribution is -2.30. The summed E-state index contributed by atoms with van der Waals surface area (Å²) < 4.78 is 10.8. The number of hydrogen-bond donors (Lipinski definition) is 0. The lowest BCUT2D eigenvalue weighted by Gasteiger charge is -2.24. The number of benzene rings is 1. The second kappa shape index (κ2) is 5.49. The molecule has 106 valence electrons. The molecule has 2 bridgehead atoms. The lowest BCUT2D eigenvalue weighted by atomic mass is 9.98. The highest BCUT2D eigenvalue weighted by Crippen LogP contribution is 2.50. The summed E-state index contributed by atoms with van der Waals surface area (Å²) in [6, 6.07) is 9.99. The number of alkyl halides is 3. The fourth-order valence-corrected chi connectivity index (χ4v) is 5.18. The van der Waals surface area contributed by atoms with E-state index in [9.17, 15) is 4.21 Å². The van der Waals surface area contributed by atoms with Crippen molar-refractivity contribution in [2.75, 3.05) is 0 Å². The van der Waals surface area contributed by atoms with Crippen molar-refractivity contribution in [3.05, 3.63) is 53.6 Å². The van der Waals surface area contributed by atoms with E-state index in [2.05, 4.69) is 18.2 Å². The van der Waals surface area contributed by atoms with Gasteiger partial charge in [0.1, 0.15) is 0 Å². The summed E-state index contributed by atoms with van der Waals surface area (Å²) in [7, 11) is -1.54. The van der Waals surface area contributed by atoms with E-state index in [1.165, 1.54) is 0 Å². The van der Waals surface area contributed by atoms with Crippen LogP contribution < -0.4 is 0 Å². The van der Waals surface area contributed by atoms with Crippen molar-refractivity contribution >= 4 is 51.7 Å². The molecular weight excluding hydrogens is 335 g/mol. The van der Waals surface area contributed by atoms with Crippen molar-refractivity contribution in [1.82, 2.24) is 0 Å². The minimum atomic E-state index is -1.74. The first kappa shape index (κ1) is 14.6. The van der Waals surface area contributed by atoms with E-state index in [1.54, 1.807) is 0 Å². The molecule has 3 rings (SSSR count). The number of rotatable bonds is 2. The molecule has 0 spiro atoms. The average Bonchev–Trinajstić information content (AvgIpc) is 2.99. The highest BCUT2D eigenvalue weighted by atomic mass is 35.6. The van der Waals surface area contributed by atoms with E-state index < -0.39 is 13.9 Å². The molecule has 1 fully saturated rings. The maximum atomic E-state index is 12.5. The van der Waals surface area contributed by atoms with E-state index in [4.69, 9.17) is 34.8 Å². The Kier molecular flexibility index (Phi) is 4.02. The molecule has 0 N–H and O–H groups in total. The van der Waals surface area contributed by atoms with Gasteiger partial charge in [-0.1, -0.05) is 83.4 Å². The summed E-state index contributed by atoms with van der Waals surface area (Å²) in [6.45, 7) is 0. The Morgan fingerprint density at radius 3 is 2.50 bits per heavy atom. The third kappa shape index (κ3) is 2.71. The topological polar surface area (TPSA) is 17.1 Å². The van der Waals surface area contributed by atoms with Crippen LogP contribution in [0, 0.1) is 11.8 Å². The highest BCUT2D eigenvalue weighted by molar-refractivity contribution is 7.92. The van der Waals surface area contributed by atoms with Crippen LogP contribution in [-0.4, -0.2) is 12.6 Å². The van der Waals surface area contributed by atoms with Crippen LogP contribution in [0.1, 0.15) is 12.0 Å². The number of hydrogen-bond acceptors (Lipinski definition) is 1. The molecule has 0 aliphatic heterocycles. The lowest BCUT2D eigenvalue weighted by molar-refractivity contribution is 0.652. The molecule has 2 aliphatic carbocycles. The fraction of sp³-hybridized carbons (Fsp3) is 0.333. The SMILES string of the molecule is O=S([C@H]1/C(=C\c2ccccc2)[C@H]2C=C[C@@H]1C2)C(Cl)(Cl)Cl. The molecule has 0 amide bonds. The molecule has 0 heterocycles. The molecule has 1 nitrogen and oxygen atoms in total. The molecule has 2 aliphatic rings. The van der Waals surface area contributed by atoms with Crippen molar-refractivity contribution in [3.8, 4) is 0 Å². The van der Waals surface area contributed by atoms with Crippen molar-refractivity contribution in [2.24, 2.45) is 11.8 Å². The number of halogens is 3. The Labute approximate surface area is 136 Å². The molecule has 1 aromatic rings. The van der Waals surface area contributed by atoms with Crippen LogP contribution in [0.4, 0.5) is 0 Å². The first-order valence-corrected chi connectivity index (χ1v) is 8.74. The van der Waals surface area contributed by atoms with Gasteiger partial charge in [0.15, 0.2) is 0 Å². The largest absolute Gasteiger partial charge is 0.266 e. The molecule has 0 radical (unpaired) electrons. The van der Waals surface area contributed by atoms with Crippen LogP contribution in [-0.2, 0) is 10.8 Å². The third-order valence-corrected chi connectivity index (χ3v) is 6.76. The van der Waals surface area contributed by atoms with Crippen molar-refractivity contribution < 1.29 is 4.21 Å².